The third kappa shape index (κ3) is 5.92. The predicted molar refractivity (Wildman–Crippen MR) is 164 cm³/mol. The van der Waals surface area contributed by atoms with Gasteiger partial charge in [0, 0.05) is 0 Å². The summed E-state index contributed by atoms with van der Waals surface area (Å²) >= 11 is 21.7. The van der Waals surface area contributed by atoms with Crippen molar-refractivity contribution < 1.29 is 47.2 Å². The fraction of sp³-hybridized carbons (Fsp3) is 0.455. The number of nitrogen functional groups attached to an aromatic ring is 1. The van der Waals surface area contributed by atoms with Crippen LogP contribution in [0.1, 0.15) is 12.5 Å². The molecular weight excluding hydrogens is 719 g/mol. The highest BCUT2D eigenvalue weighted by Gasteiger charge is 2.52. The number of nitrogens with two attached hydrogens (primary N) is 1. The summed E-state index contributed by atoms with van der Waals surface area (Å²) in [6, 6.07) is 3.09. The van der Waals surface area contributed by atoms with Crippen LogP contribution in [-0.4, -0.2) is 94.0 Å². The number of hydrogen-bond donors (Lipinski definition) is 5. The van der Waals surface area contributed by atoms with Crippen LogP contribution in [-0.2, 0) is 43.9 Å². The summed E-state index contributed by atoms with van der Waals surface area (Å²) in [6.45, 7) is -9.46. The molecular formula is C22H23Cl2N7O10P2S2. The lowest BCUT2D eigenvalue weighted by atomic mass is 10.1. The van der Waals surface area contributed by atoms with Crippen molar-refractivity contribution in [3.8, 4) is 0 Å². The molecule has 45 heavy (non-hydrogen) atoms. The van der Waals surface area contributed by atoms with Gasteiger partial charge in [-0.05, 0) is 23.9 Å². The maximum Gasteiger partial charge on any atom is 0.386 e. The molecule has 23 heteroatoms. The van der Waals surface area contributed by atoms with Gasteiger partial charge in [0.05, 0.1) is 46.9 Å². The van der Waals surface area contributed by atoms with Crippen LogP contribution < -0.4 is 5.73 Å². The van der Waals surface area contributed by atoms with E-state index in [0.29, 0.717) is 11.0 Å². The number of halogens is 2. The van der Waals surface area contributed by atoms with Crippen LogP contribution in [0.3, 0.4) is 0 Å². The Labute approximate surface area is 273 Å². The third-order valence-corrected chi connectivity index (χ3v) is 11.4. The van der Waals surface area contributed by atoms with Crippen LogP contribution in [0.4, 0.5) is 5.82 Å². The highest BCUT2D eigenvalue weighted by Crippen LogP contribution is 2.58. The number of fused-ring (bicyclic) bond motifs is 5. The minimum absolute atomic E-state index is 0.0975. The van der Waals surface area contributed by atoms with Gasteiger partial charge >= 0.3 is 13.5 Å². The Balaban J connectivity index is 1.20. The normalized spacial score (nSPS) is 37.7. The lowest BCUT2D eigenvalue weighted by Gasteiger charge is -2.27. The van der Waals surface area contributed by atoms with Gasteiger partial charge in [0.1, 0.15) is 48.5 Å². The second kappa shape index (κ2) is 11.9. The molecule has 3 aliphatic rings. The van der Waals surface area contributed by atoms with Gasteiger partial charge in [-0.2, -0.15) is 0 Å². The summed E-state index contributed by atoms with van der Waals surface area (Å²) in [7, 11) is 0. The number of aromatic nitrogens is 6. The van der Waals surface area contributed by atoms with Crippen LogP contribution in [0.2, 0.25) is 10.0 Å². The van der Waals surface area contributed by atoms with Gasteiger partial charge in [-0.3, -0.25) is 18.1 Å². The van der Waals surface area contributed by atoms with Crippen molar-refractivity contribution in [1.29, 1.82) is 0 Å². The molecule has 0 aliphatic carbocycles. The van der Waals surface area contributed by atoms with E-state index in [2.05, 4.69) is 32.2 Å². The zero-order valence-corrected chi connectivity index (χ0v) is 27.4. The van der Waals surface area contributed by atoms with Crippen molar-refractivity contribution in [1.82, 2.24) is 29.1 Å². The number of imidazole rings is 2. The lowest BCUT2D eigenvalue weighted by Crippen LogP contribution is -2.36. The first-order chi connectivity index (χ1) is 21.3. The van der Waals surface area contributed by atoms with Gasteiger partial charge in [0.2, 0.25) is 0 Å². The largest absolute Gasteiger partial charge is 0.387 e. The van der Waals surface area contributed by atoms with Crippen LogP contribution in [0.25, 0.3) is 22.2 Å². The summed E-state index contributed by atoms with van der Waals surface area (Å²) in [5.41, 5.74) is 7.33. The first kappa shape index (κ1) is 32.1. The number of aliphatic hydroxyl groups is 2. The van der Waals surface area contributed by atoms with Crippen molar-refractivity contribution >= 4 is 88.8 Å². The van der Waals surface area contributed by atoms with E-state index in [9.17, 15) is 19.7 Å². The molecule has 6 heterocycles. The zero-order chi connectivity index (χ0) is 31.8. The molecule has 0 amide bonds. The molecule has 242 valence electrons. The number of aliphatic hydroxyl groups excluding tert-OH is 2. The maximum atomic E-state index is 13.6. The third-order valence-electron chi connectivity index (χ3n) is 7.49. The highest BCUT2D eigenvalue weighted by atomic mass is 35.5. The maximum absolute atomic E-state index is 13.6. The number of thiol groups is 1. The fourth-order valence-electron chi connectivity index (χ4n) is 5.39. The number of rotatable bonds is 2. The number of anilines is 1. The Bertz CT molecular complexity index is 1890. The molecule has 4 aromatic rings. The summed E-state index contributed by atoms with van der Waals surface area (Å²) in [6.07, 6.45) is -6.45. The fourth-order valence-corrected chi connectivity index (χ4v) is 8.61. The first-order valence-corrected chi connectivity index (χ1v) is 19.1. The van der Waals surface area contributed by atoms with Crippen LogP contribution >= 0.6 is 49.0 Å². The number of benzene rings is 1. The zero-order valence-electron chi connectivity index (χ0n) is 22.4. The summed E-state index contributed by atoms with van der Waals surface area (Å²) in [5, 5.41) is 23.0. The summed E-state index contributed by atoms with van der Waals surface area (Å²) in [5.74, 6) is 0.0975. The van der Waals surface area contributed by atoms with Gasteiger partial charge in [-0.25, -0.2) is 24.5 Å². The molecule has 7 rings (SSSR count). The molecule has 10 atom stereocenters. The SMILES string of the molecule is Nc1ncnc2c1ncn2[C@@H]1O[C@@H]2COP(O)(=S)O[C@@H]3C(O)[C@H](n4cnc5cc(Cl)c(Cl)cc54)O[C@@H]3COP(=O)(S)O[C@H]1C2O. The Hall–Kier alpha value is -1.51. The topological polar surface area (TPSA) is 221 Å². The molecule has 1 aromatic carbocycles. The average Bonchev–Trinajstić information content (AvgIpc) is 3.73. The molecule has 3 aromatic heterocycles. The molecule has 3 fully saturated rings. The standard InChI is InChI=1S/C22H23Cl2N7O10P2S2/c23-8-1-10-11(2-9(8)24)30(6-28-10)21-16(33)17-13(39-21)4-37-43(35,45)41-18-15(32)12(3-36-42(34,44)40-17)38-22(18)31-7-29-14-19(25)26-5-27-20(14)31/h1-2,5-7,12-13,15-18,21-22,32-33H,3-4H2,(H,34,44)(H,35,45)(H2,25,26,27)/t12-,13-,15?,16?,17+,18+,21-,22-,42?,43?/m1/s1. The van der Waals surface area contributed by atoms with Crippen molar-refractivity contribution in [3.05, 3.63) is 41.2 Å². The van der Waals surface area contributed by atoms with Gasteiger partial charge in [0.15, 0.2) is 23.9 Å². The molecule has 0 radical (unpaired) electrons. The minimum atomic E-state index is -4.30. The number of nitrogens with zero attached hydrogens (tertiary/aromatic N) is 6. The number of hydrogen-bond acceptors (Lipinski definition) is 15. The van der Waals surface area contributed by atoms with E-state index in [0.717, 1.165) is 0 Å². The molecule has 17 nitrogen and oxygen atoms in total. The lowest BCUT2D eigenvalue weighted by molar-refractivity contribution is -0.0587. The Morgan fingerprint density at radius 1 is 0.933 bits per heavy atom. The molecule has 0 saturated carbocycles. The molecule has 3 aliphatic heterocycles. The monoisotopic (exact) mass is 741 g/mol. The first-order valence-electron chi connectivity index (χ1n) is 13.0. The van der Waals surface area contributed by atoms with Gasteiger partial charge in [-0.1, -0.05) is 35.5 Å². The Morgan fingerprint density at radius 3 is 2.44 bits per heavy atom. The van der Waals surface area contributed by atoms with Crippen molar-refractivity contribution in [2.24, 2.45) is 0 Å². The van der Waals surface area contributed by atoms with Crippen molar-refractivity contribution in [2.45, 2.75) is 49.1 Å². The van der Waals surface area contributed by atoms with E-state index < -0.39 is 75.8 Å². The second-order valence-corrected chi connectivity index (χ2v) is 16.8. The van der Waals surface area contributed by atoms with Crippen molar-refractivity contribution in [2.75, 3.05) is 18.9 Å². The molecule has 3 saturated heterocycles. The summed E-state index contributed by atoms with van der Waals surface area (Å²) < 4.78 is 51.1. The van der Waals surface area contributed by atoms with Crippen LogP contribution in [0.15, 0.2) is 31.1 Å². The predicted octanol–water partition coefficient (Wildman–Crippen LogP) is 2.35. The average molecular weight is 742 g/mol. The van der Waals surface area contributed by atoms with E-state index in [1.807, 2.05) is 0 Å². The molecule has 4 unspecified atom stereocenters. The summed E-state index contributed by atoms with van der Waals surface area (Å²) in [4.78, 5) is 27.6. The second-order valence-electron chi connectivity index (χ2n) is 10.3. The van der Waals surface area contributed by atoms with E-state index in [4.69, 9.17) is 68.3 Å². The van der Waals surface area contributed by atoms with E-state index >= 15 is 0 Å². The molecule has 2 bridgehead atoms. The quantitative estimate of drug-likeness (QED) is 0.147. The molecule has 5 N–H and O–H groups in total. The number of ether oxygens (including phenoxy) is 2. The van der Waals surface area contributed by atoms with Gasteiger partial charge < -0.3 is 39.4 Å². The Kier molecular flexibility index (Phi) is 8.46. The molecule has 0 spiro atoms. The van der Waals surface area contributed by atoms with E-state index in [1.54, 1.807) is 12.1 Å². The van der Waals surface area contributed by atoms with Crippen LogP contribution in [0.5, 0.6) is 0 Å². The smallest absolute Gasteiger partial charge is 0.386 e. The highest BCUT2D eigenvalue weighted by molar-refractivity contribution is 8.44. The van der Waals surface area contributed by atoms with E-state index in [-0.39, 0.29) is 27.0 Å². The van der Waals surface area contributed by atoms with Gasteiger partial charge in [-0.15, -0.1) is 0 Å². The van der Waals surface area contributed by atoms with Crippen molar-refractivity contribution in [3.63, 3.8) is 0 Å². The van der Waals surface area contributed by atoms with Gasteiger partial charge in [0.25, 0.3) is 0 Å². The van der Waals surface area contributed by atoms with Crippen LogP contribution in [0, 0.1) is 0 Å². The minimum Gasteiger partial charge on any atom is -0.387 e. The van der Waals surface area contributed by atoms with E-state index in [1.165, 1.54) is 28.1 Å². The Morgan fingerprint density at radius 2 is 1.64 bits per heavy atom.